The Balaban J connectivity index is 1.73. The van der Waals surface area contributed by atoms with Crippen LogP contribution in [0.2, 0.25) is 0 Å². The van der Waals surface area contributed by atoms with Crippen LogP contribution < -0.4 is 11.1 Å². The van der Waals surface area contributed by atoms with Gasteiger partial charge in [-0.15, -0.1) is 0 Å². The molecule has 0 saturated heterocycles. The molecule has 0 fully saturated rings. The molecule has 3 N–H and O–H groups in total. The number of hydrogen-bond acceptors (Lipinski definition) is 3. The highest BCUT2D eigenvalue weighted by molar-refractivity contribution is 5.64. The van der Waals surface area contributed by atoms with Gasteiger partial charge in [0, 0.05) is 23.5 Å². The Bertz CT molecular complexity index is 715. The molecule has 1 heterocycles. The topological polar surface area (TPSA) is 51.2 Å². The molecule has 106 valence electrons. The molecule has 0 unspecified atom stereocenters. The van der Waals surface area contributed by atoms with Gasteiger partial charge in [0.25, 0.3) is 0 Å². The fourth-order valence-corrected chi connectivity index (χ4v) is 2.29. The van der Waals surface area contributed by atoms with Crippen LogP contribution >= 0.6 is 0 Å². The highest BCUT2D eigenvalue weighted by atomic mass is 16.3. The van der Waals surface area contributed by atoms with Gasteiger partial charge < -0.3 is 15.5 Å². The van der Waals surface area contributed by atoms with Gasteiger partial charge in [-0.3, -0.25) is 0 Å². The predicted octanol–water partition coefficient (Wildman–Crippen LogP) is 4.45. The van der Waals surface area contributed by atoms with Crippen LogP contribution in [0.4, 0.5) is 11.4 Å². The zero-order valence-corrected chi connectivity index (χ0v) is 12.0. The van der Waals surface area contributed by atoms with Crippen molar-refractivity contribution in [3.05, 3.63) is 72.0 Å². The van der Waals surface area contributed by atoms with E-state index < -0.39 is 0 Å². The second-order valence-electron chi connectivity index (χ2n) is 5.10. The van der Waals surface area contributed by atoms with Gasteiger partial charge in [-0.05, 0) is 60.5 Å². The number of benzene rings is 2. The largest absolute Gasteiger partial charge is 0.464 e. The first-order valence-electron chi connectivity index (χ1n) is 6.95. The Morgan fingerprint density at radius 3 is 2.52 bits per heavy atom. The number of anilines is 2. The summed E-state index contributed by atoms with van der Waals surface area (Å²) in [5, 5.41) is 3.45. The zero-order valence-electron chi connectivity index (χ0n) is 12.0. The number of hydrogen-bond donors (Lipinski definition) is 2. The van der Waals surface area contributed by atoms with Crippen LogP contribution in [0.5, 0.6) is 0 Å². The average Bonchev–Trinajstić information content (AvgIpc) is 3.02. The van der Waals surface area contributed by atoms with E-state index in [4.69, 9.17) is 10.2 Å². The minimum absolute atomic E-state index is 0.779. The zero-order chi connectivity index (χ0) is 14.7. The minimum Gasteiger partial charge on any atom is -0.464 e. The van der Waals surface area contributed by atoms with Crippen molar-refractivity contribution in [2.75, 3.05) is 11.1 Å². The summed E-state index contributed by atoms with van der Waals surface area (Å²) in [6.45, 7) is 2.87. The molecular formula is C18H18N2O. The molecule has 1 aromatic heterocycles. The Kier molecular flexibility index (Phi) is 3.65. The van der Waals surface area contributed by atoms with E-state index in [1.54, 1.807) is 6.26 Å². The molecular weight excluding hydrogens is 260 g/mol. The fourth-order valence-electron chi connectivity index (χ4n) is 2.29. The van der Waals surface area contributed by atoms with E-state index in [2.05, 4.69) is 30.4 Å². The number of nitrogens with two attached hydrogens (primary N) is 1. The second-order valence-corrected chi connectivity index (χ2v) is 5.10. The summed E-state index contributed by atoms with van der Waals surface area (Å²) in [5.74, 6) is 0.892. The standard InChI is InChI=1S/C18H18N2O/c1-13-11-15(18-3-2-10-21-18)6-9-17(13)20-12-14-4-7-16(19)8-5-14/h2-11,20H,12,19H2,1H3. The van der Waals surface area contributed by atoms with E-state index in [0.29, 0.717) is 0 Å². The number of furan rings is 1. The van der Waals surface area contributed by atoms with E-state index in [1.807, 2.05) is 36.4 Å². The molecule has 0 radical (unpaired) electrons. The monoisotopic (exact) mass is 278 g/mol. The summed E-state index contributed by atoms with van der Waals surface area (Å²) < 4.78 is 5.42. The maximum absolute atomic E-state index is 5.69. The van der Waals surface area contributed by atoms with E-state index in [1.165, 1.54) is 11.1 Å². The quantitative estimate of drug-likeness (QED) is 0.693. The molecule has 0 amide bonds. The van der Waals surface area contributed by atoms with E-state index in [-0.39, 0.29) is 0 Å². The molecule has 3 nitrogen and oxygen atoms in total. The van der Waals surface area contributed by atoms with Crippen molar-refractivity contribution < 1.29 is 4.42 Å². The molecule has 0 saturated carbocycles. The first-order valence-corrected chi connectivity index (χ1v) is 6.95. The van der Waals surface area contributed by atoms with Crippen LogP contribution in [-0.4, -0.2) is 0 Å². The van der Waals surface area contributed by atoms with Gasteiger partial charge in [-0.2, -0.15) is 0 Å². The second kappa shape index (κ2) is 5.75. The lowest BCUT2D eigenvalue weighted by molar-refractivity contribution is 0.582. The van der Waals surface area contributed by atoms with Crippen molar-refractivity contribution >= 4 is 11.4 Å². The van der Waals surface area contributed by atoms with Crippen molar-refractivity contribution in [2.45, 2.75) is 13.5 Å². The highest BCUT2D eigenvalue weighted by Gasteiger charge is 2.04. The summed E-state index contributed by atoms with van der Waals surface area (Å²) >= 11 is 0. The Hall–Kier alpha value is -2.68. The summed E-state index contributed by atoms with van der Waals surface area (Å²) in [5.41, 5.74) is 11.1. The Morgan fingerprint density at radius 2 is 1.86 bits per heavy atom. The Morgan fingerprint density at radius 1 is 1.05 bits per heavy atom. The summed E-state index contributed by atoms with van der Waals surface area (Å²) in [6, 6.07) is 18.1. The maximum atomic E-state index is 5.69. The van der Waals surface area contributed by atoms with Gasteiger partial charge in [0.15, 0.2) is 0 Å². The summed E-state index contributed by atoms with van der Waals surface area (Å²) in [6.07, 6.45) is 1.69. The summed E-state index contributed by atoms with van der Waals surface area (Å²) in [7, 11) is 0. The van der Waals surface area contributed by atoms with E-state index in [0.717, 1.165) is 29.2 Å². The number of aryl methyl sites for hydroxylation is 1. The van der Waals surface area contributed by atoms with Crippen molar-refractivity contribution in [1.82, 2.24) is 0 Å². The predicted molar refractivity (Wildman–Crippen MR) is 87.1 cm³/mol. The highest BCUT2D eigenvalue weighted by Crippen LogP contribution is 2.25. The van der Waals surface area contributed by atoms with Crippen molar-refractivity contribution in [3.63, 3.8) is 0 Å². The number of nitrogen functional groups attached to an aromatic ring is 1. The molecule has 3 rings (SSSR count). The SMILES string of the molecule is Cc1cc(-c2ccco2)ccc1NCc1ccc(N)cc1. The first kappa shape index (κ1) is 13.3. The Labute approximate surface area is 124 Å². The number of nitrogens with one attached hydrogen (secondary N) is 1. The molecule has 2 aromatic carbocycles. The van der Waals surface area contributed by atoms with Gasteiger partial charge in [0.05, 0.1) is 6.26 Å². The molecule has 21 heavy (non-hydrogen) atoms. The third kappa shape index (κ3) is 3.08. The molecule has 0 bridgehead atoms. The van der Waals surface area contributed by atoms with Crippen LogP contribution in [-0.2, 0) is 6.54 Å². The van der Waals surface area contributed by atoms with Gasteiger partial charge in [-0.1, -0.05) is 12.1 Å². The first-order chi connectivity index (χ1) is 10.2. The van der Waals surface area contributed by atoms with Gasteiger partial charge >= 0.3 is 0 Å². The van der Waals surface area contributed by atoms with Crippen LogP contribution in [0.15, 0.2) is 65.3 Å². The third-order valence-electron chi connectivity index (χ3n) is 3.49. The van der Waals surface area contributed by atoms with E-state index >= 15 is 0 Å². The van der Waals surface area contributed by atoms with Crippen molar-refractivity contribution in [2.24, 2.45) is 0 Å². The van der Waals surface area contributed by atoms with Crippen LogP contribution in [0, 0.1) is 6.92 Å². The maximum Gasteiger partial charge on any atom is 0.133 e. The van der Waals surface area contributed by atoms with Crippen LogP contribution in [0.3, 0.4) is 0 Å². The molecule has 0 spiro atoms. The molecule has 0 aliphatic carbocycles. The average molecular weight is 278 g/mol. The lowest BCUT2D eigenvalue weighted by Crippen LogP contribution is -2.01. The minimum atomic E-state index is 0.779. The van der Waals surface area contributed by atoms with Crippen molar-refractivity contribution in [1.29, 1.82) is 0 Å². The molecule has 3 heteroatoms. The summed E-state index contributed by atoms with van der Waals surface area (Å²) in [4.78, 5) is 0. The van der Waals surface area contributed by atoms with E-state index in [9.17, 15) is 0 Å². The lowest BCUT2D eigenvalue weighted by atomic mass is 10.1. The van der Waals surface area contributed by atoms with Crippen molar-refractivity contribution in [3.8, 4) is 11.3 Å². The van der Waals surface area contributed by atoms with Gasteiger partial charge in [0.1, 0.15) is 5.76 Å². The van der Waals surface area contributed by atoms with Gasteiger partial charge in [0.2, 0.25) is 0 Å². The molecule has 0 aliphatic rings. The normalized spacial score (nSPS) is 10.5. The third-order valence-corrected chi connectivity index (χ3v) is 3.49. The molecule has 3 aromatic rings. The van der Waals surface area contributed by atoms with Crippen LogP contribution in [0.1, 0.15) is 11.1 Å². The van der Waals surface area contributed by atoms with Crippen LogP contribution in [0.25, 0.3) is 11.3 Å². The molecule has 0 atom stereocenters. The molecule has 0 aliphatic heterocycles. The van der Waals surface area contributed by atoms with Gasteiger partial charge in [-0.25, -0.2) is 0 Å². The number of rotatable bonds is 4. The fraction of sp³-hybridized carbons (Fsp3) is 0.111. The smallest absolute Gasteiger partial charge is 0.133 e. The lowest BCUT2D eigenvalue weighted by Gasteiger charge is -2.11.